The summed E-state index contributed by atoms with van der Waals surface area (Å²) in [6.07, 6.45) is 7.55. The lowest BCUT2D eigenvalue weighted by Crippen LogP contribution is -2.49. The molecule has 1 N–H and O–H groups in total. The van der Waals surface area contributed by atoms with Crippen molar-refractivity contribution in [3.63, 3.8) is 0 Å². The predicted octanol–water partition coefficient (Wildman–Crippen LogP) is 1.93. The van der Waals surface area contributed by atoms with Crippen LogP contribution in [0.15, 0.2) is 37.2 Å². The summed E-state index contributed by atoms with van der Waals surface area (Å²) >= 11 is 0. The van der Waals surface area contributed by atoms with Crippen molar-refractivity contribution in [1.82, 2.24) is 9.88 Å². The molecule has 2 aliphatic heterocycles. The Bertz CT molecular complexity index is 520. The first-order valence-corrected chi connectivity index (χ1v) is 7.92. The molecule has 0 unspecified atom stereocenters. The van der Waals surface area contributed by atoms with E-state index in [-0.39, 0.29) is 11.8 Å². The minimum absolute atomic E-state index is 0.0345. The lowest BCUT2D eigenvalue weighted by molar-refractivity contribution is -0.133. The standard InChI is InChI=1S/C17H23N3O2/c1-2-7-20-8-5-16-13(11-20)9-14(12-22-16)17(21)19-15-4-3-6-18-10-15/h2-4,6,10,13-14,16H,1,5,7-9,11-12H2,(H,19,21)/t13-,14-,16+/m0/s1. The van der Waals surface area contributed by atoms with Gasteiger partial charge in [-0.3, -0.25) is 14.7 Å². The van der Waals surface area contributed by atoms with Gasteiger partial charge in [-0.05, 0) is 30.9 Å². The van der Waals surface area contributed by atoms with Gasteiger partial charge in [-0.1, -0.05) is 6.08 Å². The first-order chi connectivity index (χ1) is 10.8. The van der Waals surface area contributed by atoms with Crippen LogP contribution < -0.4 is 5.32 Å². The van der Waals surface area contributed by atoms with Crippen molar-refractivity contribution in [2.24, 2.45) is 11.8 Å². The Hall–Kier alpha value is -1.72. The summed E-state index contributed by atoms with van der Waals surface area (Å²) in [7, 11) is 0. The highest BCUT2D eigenvalue weighted by Crippen LogP contribution is 2.31. The number of pyridine rings is 1. The van der Waals surface area contributed by atoms with E-state index in [4.69, 9.17) is 4.74 Å². The van der Waals surface area contributed by atoms with Crippen LogP contribution in [0.5, 0.6) is 0 Å². The number of carbonyl (C=O) groups is 1. The van der Waals surface area contributed by atoms with Crippen LogP contribution in [0.2, 0.25) is 0 Å². The second-order valence-electron chi connectivity index (χ2n) is 6.13. The summed E-state index contributed by atoms with van der Waals surface area (Å²) in [5, 5.41) is 2.93. The lowest BCUT2D eigenvalue weighted by Gasteiger charge is -2.42. The molecule has 0 bridgehead atoms. The average molecular weight is 301 g/mol. The van der Waals surface area contributed by atoms with Crippen molar-refractivity contribution in [1.29, 1.82) is 0 Å². The number of hydrogen-bond donors (Lipinski definition) is 1. The van der Waals surface area contributed by atoms with E-state index < -0.39 is 0 Å². The molecule has 2 fully saturated rings. The van der Waals surface area contributed by atoms with Crippen LogP contribution in [0.1, 0.15) is 12.8 Å². The number of aromatic nitrogens is 1. The molecule has 2 aliphatic rings. The maximum absolute atomic E-state index is 12.4. The van der Waals surface area contributed by atoms with Crippen LogP contribution in [0.3, 0.4) is 0 Å². The smallest absolute Gasteiger partial charge is 0.229 e. The van der Waals surface area contributed by atoms with E-state index in [0.29, 0.717) is 18.6 Å². The van der Waals surface area contributed by atoms with Crippen LogP contribution in [0, 0.1) is 11.8 Å². The Morgan fingerprint density at radius 3 is 3.27 bits per heavy atom. The van der Waals surface area contributed by atoms with E-state index in [0.717, 1.165) is 38.2 Å². The van der Waals surface area contributed by atoms with Gasteiger partial charge in [0, 0.05) is 25.8 Å². The molecule has 1 amide bonds. The number of ether oxygens (including phenoxy) is 1. The third-order valence-corrected chi connectivity index (χ3v) is 4.53. The molecule has 118 valence electrons. The number of anilines is 1. The maximum Gasteiger partial charge on any atom is 0.229 e. The molecule has 0 aliphatic carbocycles. The van der Waals surface area contributed by atoms with Gasteiger partial charge in [-0.15, -0.1) is 6.58 Å². The van der Waals surface area contributed by atoms with Gasteiger partial charge in [0.25, 0.3) is 0 Å². The van der Waals surface area contributed by atoms with Crippen molar-refractivity contribution < 1.29 is 9.53 Å². The number of carbonyl (C=O) groups excluding carboxylic acids is 1. The molecule has 0 spiro atoms. The lowest BCUT2D eigenvalue weighted by atomic mass is 9.83. The van der Waals surface area contributed by atoms with Gasteiger partial charge < -0.3 is 10.1 Å². The molecule has 0 radical (unpaired) electrons. The third kappa shape index (κ3) is 3.54. The van der Waals surface area contributed by atoms with Crippen LogP contribution >= 0.6 is 0 Å². The summed E-state index contributed by atoms with van der Waals surface area (Å²) in [6, 6.07) is 3.67. The van der Waals surface area contributed by atoms with Gasteiger partial charge in [-0.2, -0.15) is 0 Å². The molecular formula is C17H23N3O2. The fourth-order valence-electron chi connectivity index (χ4n) is 3.42. The molecule has 3 rings (SSSR count). The number of nitrogens with one attached hydrogen (secondary N) is 1. The second kappa shape index (κ2) is 7.03. The SMILES string of the molecule is C=CCN1CC[C@H]2OC[C@@H](C(=O)Nc3cccnc3)C[C@H]2C1. The molecule has 2 saturated heterocycles. The maximum atomic E-state index is 12.4. The largest absolute Gasteiger partial charge is 0.377 e. The van der Waals surface area contributed by atoms with E-state index in [1.165, 1.54) is 0 Å². The number of nitrogens with zero attached hydrogens (tertiary/aromatic N) is 2. The fraction of sp³-hybridized carbons (Fsp3) is 0.529. The van der Waals surface area contributed by atoms with Crippen LogP contribution in [-0.2, 0) is 9.53 Å². The van der Waals surface area contributed by atoms with E-state index in [1.54, 1.807) is 12.4 Å². The zero-order valence-electron chi connectivity index (χ0n) is 12.8. The number of fused-ring (bicyclic) bond motifs is 1. The van der Waals surface area contributed by atoms with Gasteiger partial charge in [0.1, 0.15) is 0 Å². The first kappa shape index (κ1) is 15.2. The molecule has 22 heavy (non-hydrogen) atoms. The highest BCUT2D eigenvalue weighted by molar-refractivity contribution is 5.92. The summed E-state index contributed by atoms with van der Waals surface area (Å²) < 4.78 is 5.95. The highest BCUT2D eigenvalue weighted by atomic mass is 16.5. The van der Waals surface area contributed by atoms with Gasteiger partial charge >= 0.3 is 0 Å². The number of hydrogen-bond acceptors (Lipinski definition) is 4. The molecule has 1 aromatic rings. The molecule has 5 nitrogen and oxygen atoms in total. The Labute approximate surface area is 131 Å². The molecule has 1 aromatic heterocycles. The van der Waals surface area contributed by atoms with E-state index in [9.17, 15) is 4.79 Å². The fourth-order valence-corrected chi connectivity index (χ4v) is 3.42. The molecule has 0 aromatic carbocycles. The van der Waals surface area contributed by atoms with E-state index in [2.05, 4.69) is 21.8 Å². The molecule has 3 heterocycles. The van der Waals surface area contributed by atoms with Crippen LogP contribution in [-0.4, -0.2) is 48.1 Å². The van der Waals surface area contributed by atoms with E-state index >= 15 is 0 Å². The Kier molecular flexibility index (Phi) is 4.85. The summed E-state index contributed by atoms with van der Waals surface area (Å²) in [5.41, 5.74) is 0.742. The Morgan fingerprint density at radius 2 is 2.50 bits per heavy atom. The summed E-state index contributed by atoms with van der Waals surface area (Å²) in [6.45, 7) is 7.29. The zero-order valence-corrected chi connectivity index (χ0v) is 12.8. The van der Waals surface area contributed by atoms with Gasteiger partial charge in [0.15, 0.2) is 0 Å². The highest BCUT2D eigenvalue weighted by Gasteiger charge is 2.37. The van der Waals surface area contributed by atoms with Gasteiger partial charge in [-0.25, -0.2) is 0 Å². The topological polar surface area (TPSA) is 54.5 Å². The Balaban J connectivity index is 1.57. The number of rotatable bonds is 4. The second-order valence-corrected chi connectivity index (χ2v) is 6.13. The third-order valence-electron chi connectivity index (χ3n) is 4.53. The van der Waals surface area contributed by atoms with Crippen molar-refractivity contribution >= 4 is 11.6 Å². The molecule has 0 saturated carbocycles. The van der Waals surface area contributed by atoms with Crippen molar-refractivity contribution in [2.75, 3.05) is 31.6 Å². The van der Waals surface area contributed by atoms with E-state index in [1.807, 2.05) is 18.2 Å². The van der Waals surface area contributed by atoms with Crippen LogP contribution in [0.25, 0.3) is 0 Å². The number of likely N-dealkylation sites (tertiary alicyclic amines) is 1. The van der Waals surface area contributed by atoms with Crippen molar-refractivity contribution in [3.05, 3.63) is 37.2 Å². The number of amides is 1. The minimum Gasteiger partial charge on any atom is -0.377 e. The normalized spacial score (nSPS) is 28.6. The molecular weight excluding hydrogens is 278 g/mol. The minimum atomic E-state index is -0.0786. The van der Waals surface area contributed by atoms with Crippen molar-refractivity contribution in [3.8, 4) is 0 Å². The van der Waals surface area contributed by atoms with Gasteiger partial charge in [0.2, 0.25) is 5.91 Å². The Morgan fingerprint density at radius 1 is 1.59 bits per heavy atom. The first-order valence-electron chi connectivity index (χ1n) is 7.92. The summed E-state index contributed by atoms with van der Waals surface area (Å²) in [4.78, 5) is 18.8. The quantitative estimate of drug-likeness (QED) is 0.864. The zero-order chi connectivity index (χ0) is 15.4. The predicted molar refractivity (Wildman–Crippen MR) is 85.5 cm³/mol. The summed E-state index contributed by atoms with van der Waals surface area (Å²) in [5.74, 6) is 0.393. The monoisotopic (exact) mass is 301 g/mol. The van der Waals surface area contributed by atoms with Crippen molar-refractivity contribution in [2.45, 2.75) is 18.9 Å². The molecule has 3 atom stereocenters. The van der Waals surface area contributed by atoms with Gasteiger partial charge in [0.05, 0.1) is 30.5 Å². The number of piperidine rings is 1. The van der Waals surface area contributed by atoms with Crippen LogP contribution in [0.4, 0.5) is 5.69 Å². The average Bonchev–Trinajstić information content (AvgIpc) is 2.55. The molecule has 5 heteroatoms.